The molecular formula is C28H45Cl4N8O6+. The van der Waals surface area contributed by atoms with Gasteiger partial charge in [0.1, 0.15) is 24.2 Å². The fourth-order valence-electron chi connectivity index (χ4n) is 6.16. The van der Waals surface area contributed by atoms with Gasteiger partial charge in [-0.2, -0.15) is 0 Å². The molecule has 0 bridgehead atoms. The standard InChI is InChI=1S/C14H21ClN4O3.C10H19NO3.C4H3Cl2N3.ClH/c1-14(2)21-10-7(5-20-3)4-8(11(10)22-14)19-13-9(16)12(15)17-6-18-13;1-10(2)13-8-6(5-12-3)4-7(11)9(8)14-10;5-3-2(7)4(6)9-1-8-3;/h6-8,10-11H,4-5,16H2,1-3H3,(H,17,18,19);6-9H,4-5,11H2,1-3H3;1H,7H2;1H/p+1/t7-,8-,10-,11+;6-,7-,8-,9+;;/m11../s1. The van der Waals surface area contributed by atoms with E-state index in [1.807, 2.05) is 27.7 Å². The molecule has 0 radical (unpaired) electrons. The Bertz CT molecular complexity index is 1280. The second-order valence-electron chi connectivity index (χ2n) is 12.3. The number of hydrogen-bond acceptors (Lipinski definition) is 13. The van der Waals surface area contributed by atoms with Gasteiger partial charge in [0.05, 0.1) is 31.5 Å². The topological polar surface area (TPSA) is 198 Å². The summed E-state index contributed by atoms with van der Waals surface area (Å²) in [4.78, 5) is 14.3. The first kappa shape index (κ1) is 38.9. The molecule has 14 nitrogen and oxygen atoms in total. The maximum Gasteiger partial charge on any atom is 0.287 e. The smallest absolute Gasteiger partial charge is 0.287 e. The largest absolute Gasteiger partial charge is 0.393 e. The third kappa shape index (κ3) is 9.32. The Morgan fingerprint density at radius 1 is 0.826 bits per heavy atom. The summed E-state index contributed by atoms with van der Waals surface area (Å²) in [6.07, 6.45) is 4.61. The first-order chi connectivity index (χ1) is 21.2. The Morgan fingerprint density at radius 3 is 1.91 bits per heavy atom. The summed E-state index contributed by atoms with van der Waals surface area (Å²) in [5.41, 5.74) is 17.9. The first-order valence-electron chi connectivity index (χ1n) is 14.6. The van der Waals surface area contributed by atoms with Gasteiger partial charge < -0.3 is 50.9 Å². The number of aromatic amines is 1. The summed E-state index contributed by atoms with van der Waals surface area (Å²) in [5, 5.41) is 4.10. The summed E-state index contributed by atoms with van der Waals surface area (Å²) in [6.45, 7) is 9.03. The predicted octanol–water partition coefficient (Wildman–Crippen LogP) is 3.39. The lowest BCUT2D eigenvalue weighted by molar-refractivity contribution is -0.379. The zero-order valence-corrected chi connectivity index (χ0v) is 29.8. The van der Waals surface area contributed by atoms with Crippen LogP contribution in [0.3, 0.4) is 0 Å². The highest BCUT2D eigenvalue weighted by Gasteiger charge is 2.54. The van der Waals surface area contributed by atoms with Crippen LogP contribution < -0.4 is 27.5 Å². The average Bonchev–Trinajstić information content (AvgIpc) is 3.65. The number of fused-ring (bicyclic) bond motifs is 2. The number of rotatable bonds is 6. The van der Waals surface area contributed by atoms with Crippen molar-refractivity contribution >= 4 is 64.4 Å². The van der Waals surface area contributed by atoms with E-state index >= 15 is 0 Å². The van der Waals surface area contributed by atoms with Crippen LogP contribution >= 0.6 is 47.2 Å². The maximum absolute atomic E-state index is 6.05. The van der Waals surface area contributed by atoms with Crippen LogP contribution in [-0.4, -0.2) is 90.5 Å². The molecule has 2 aromatic heterocycles. The number of methoxy groups -OCH3 is 2. The summed E-state index contributed by atoms with van der Waals surface area (Å²) in [7, 11) is 3.40. The predicted molar refractivity (Wildman–Crippen MR) is 177 cm³/mol. The van der Waals surface area contributed by atoms with E-state index in [1.165, 1.54) is 12.7 Å². The first-order valence-corrected chi connectivity index (χ1v) is 15.7. The third-order valence-electron chi connectivity index (χ3n) is 7.95. The van der Waals surface area contributed by atoms with Crippen LogP contribution in [0.5, 0.6) is 0 Å². The molecule has 2 saturated heterocycles. The summed E-state index contributed by atoms with van der Waals surface area (Å²) >= 11 is 16.9. The number of anilines is 3. The van der Waals surface area contributed by atoms with Crippen molar-refractivity contribution in [3.05, 3.63) is 28.1 Å². The van der Waals surface area contributed by atoms with Crippen molar-refractivity contribution < 1.29 is 33.4 Å². The zero-order chi connectivity index (χ0) is 33.1. The molecular weight excluding hydrogens is 686 g/mol. The normalized spacial score (nSPS) is 31.4. The summed E-state index contributed by atoms with van der Waals surface area (Å²) in [6, 6.07) is 0.113. The molecule has 2 aliphatic heterocycles. The Morgan fingerprint density at radius 2 is 1.35 bits per heavy atom. The van der Waals surface area contributed by atoms with Crippen molar-refractivity contribution in [3.63, 3.8) is 0 Å². The fourth-order valence-corrected chi connectivity index (χ4v) is 6.62. The molecule has 2 aliphatic carbocycles. The van der Waals surface area contributed by atoms with Crippen LogP contribution in [0.15, 0.2) is 12.7 Å². The monoisotopic (exact) mass is 729 g/mol. The lowest BCUT2D eigenvalue weighted by Gasteiger charge is -2.24. The van der Waals surface area contributed by atoms with E-state index < -0.39 is 11.6 Å². The van der Waals surface area contributed by atoms with E-state index in [9.17, 15) is 0 Å². The number of aromatic nitrogens is 4. The van der Waals surface area contributed by atoms with Crippen LogP contribution in [-0.2, 0) is 28.4 Å². The highest BCUT2D eigenvalue weighted by molar-refractivity contribution is 6.36. The van der Waals surface area contributed by atoms with Crippen LogP contribution in [0.4, 0.5) is 17.2 Å². The van der Waals surface area contributed by atoms with E-state index in [1.54, 1.807) is 14.2 Å². The molecule has 0 amide bonds. The van der Waals surface area contributed by atoms with Gasteiger partial charge in [-0.1, -0.05) is 11.6 Å². The molecule has 0 aromatic carbocycles. The van der Waals surface area contributed by atoms with Crippen molar-refractivity contribution in [2.75, 3.05) is 44.2 Å². The number of ether oxygens (including phenoxy) is 6. The molecule has 6 rings (SSSR count). The van der Waals surface area contributed by atoms with Crippen molar-refractivity contribution in [3.8, 4) is 0 Å². The molecule has 4 fully saturated rings. The van der Waals surface area contributed by atoms with Gasteiger partial charge in [0.25, 0.3) is 11.5 Å². The lowest BCUT2D eigenvalue weighted by Crippen LogP contribution is -2.35. The third-order valence-corrected chi connectivity index (χ3v) is 8.87. The SMILES string of the molecule is COC[C@H]1C[C@@H](N)[C@@H]2OC(C)(C)O[C@H]12.COC[C@H]1C[C@@H](Nc2ncnc(Cl)c2N)[C@@H]2OC(C)(C)O[C@H]12.Cl.Nc1c(Cl)nc[nH+]c1Cl. The highest BCUT2D eigenvalue weighted by atomic mass is 35.5. The molecule has 18 heteroatoms. The maximum atomic E-state index is 6.05. The number of nitrogens with two attached hydrogens (primary N) is 3. The van der Waals surface area contributed by atoms with Gasteiger partial charge in [-0.25, -0.2) is 15.0 Å². The molecule has 0 unspecified atom stereocenters. The second-order valence-corrected chi connectivity index (χ2v) is 13.4. The molecule has 2 aromatic rings. The van der Waals surface area contributed by atoms with Gasteiger partial charge in [0, 0.05) is 32.1 Å². The van der Waals surface area contributed by atoms with Crippen LogP contribution in [0.2, 0.25) is 15.5 Å². The Hall–Kier alpha value is -1.56. The van der Waals surface area contributed by atoms with E-state index in [0.717, 1.165) is 12.8 Å². The Balaban J connectivity index is 0.000000205. The van der Waals surface area contributed by atoms with Crippen molar-refractivity contribution in [2.24, 2.45) is 17.6 Å². The quantitative estimate of drug-likeness (QED) is 0.316. The minimum absolute atomic E-state index is 0. The van der Waals surface area contributed by atoms with Gasteiger partial charge in [0.15, 0.2) is 28.2 Å². The van der Waals surface area contributed by atoms with Gasteiger partial charge in [-0.05, 0) is 68.7 Å². The van der Waals surface area contributed by atoms with E-state index in [-0.39, 0.29) is 70.8 Å². The number of nitrogen functional groups attached to an aromatic ring is 2. The molecule has 46 heavy (non-hydrogen) atoms. The summed E-state index contributed by atoms with van der Waals surface area (Å²) in [5.74, 6) is 0.0697. The molecule has 2 saturated carbocycles. The number of nitrogens with zero attached hydrogens (tertiary/aromatic N) is 3. The van der Waals surface area contributed by atoms with Crippen LogP contribution in [0.25, 0.3) is 0 Å². The molecule has 0 spiro atoms. The molecule has 8 N–H and O–H groups in total. The number of halogens is 4. The van der Waals surface area contributed by atoms with Gasteiger partial charge in [0.2, 0.25) is 5.15 Å². The summed E-state index contributed by atoms with van der Waals surface area (Å²) < 4.78 is 34.1. The minimum Gasteiger partial charge on any atom is -0.393 e. The molecule has 260 valence electrons. The average molecular weight is 732 g/mol. The Kier molecular flexibility index (Phi) is 13.7. The molecule has 8 atom stereocenters. The van der Waals surface area contributed by atoms with Crippen molar-refractivity contribution in [1.82, 2.24) is 15.0 Å². The molecule has 4 heterocycles. The van der Waals surface area contributed by atoms with Crippen LogP contribution in [0.1, 0.15) is 40.5 Å². The number of nitrogens with one attached hydrogen (secondary N) is 2. The highest BCUT2D eigenvalue weighted by Crippen LogP contribution is 2.43. The second kappa shape index (κ2) is 16.2. The number of hydrogen-bond donors (Lipinski definition) is 4. The Labute approximate surface area is 290 Å². The lowest BCUT2D eigenvalue weighted by atomic mass is 10.1. The number of H-pyrrole nitrogens is 1. The minimum atomic E-state index is -0.601. The van der Waals surface area contributed by atoms with E-state index in [4.69, 9.17) is 80.4 Å². The zero-order valence-electron chi connectivity index (χ0n) is 26.7. The van der Waals surface area contributed by atoms with Crippen LogP contribution in [0, 0.1) is 11.8 Å². The van der Waals surface area contributed by atoms with Crippen molar-refractivity contribution in [1.29, 1.82) is 0 Å². The van der Waals surface area contributed by atoms with Gasteiger partial charge in [-0.15, -0.1) is 12.4 Å². The van der Waals surface area contributed by atoms with E-state index in [0.29, 0.717) is 35.8 Å². The van der Waals surface area contributed by atoms with Gasteiger partial charge in [-0.3, -0.25) is 0 Å². The van der Waals surface area contributed by atoms with E-state index in [2.05, 4.69) is 25.3 Å². The van der Waals surface area contributed by atoms with Gasteiger partial charge >= 0.3 is 0 Å². The fraction of sp³-hybridized carbons (Fsp3) is 0.714. The van der Waals surface area contributed by atoms with Crippen molar-refractivity contribution in [2.45, 2.75) is 88.6 Å². The molecule has 4 aliphatic rings.